The molecular weight excluding hydrogens is 234 g/mol. The van der Waals surface area contributed by atoms with Crippen LogP contribution in [0.2, 0.25) is 0 Å². The number of nitrogens with one attached hydrogen (secondary N) is 1. The van der Waals surface area contributed by atoms with E-state index < -0.39 is 5.97 Å². The number of aromatic hydroxyl groups is 1. The van der Waals surface area contributed by atoms with E-state index in [1.54, 1.807) is 32.2 Å². The Bertz CT molecular complexity index is 574. The van der Waals surface area contributed by atoms with E-state index in [4.69, 9.17) is 9.15 Å². The standard InChI is InChI=1S/C13H15NO4/c1-3-17-13(16)12-8(7-14-2)11-9(15)5-4-6-10(11)18-12/h4-6,14-15H,3,7H2,1-2H3. The third kappa shape index (κ3) is 2.04. The summed E-state index contributed by atoms with van der Waals surface area (Å²) in [5.74, 6) is -0.280. The predicted molar refractivity (Wildman–Crippen MR) is 66.6 cm³/mol. The highest BCUT2D eigenvalue weighted by Crippen LogP contribution is 2.33. The smallest absolute Gasteiger partial charge is 0.374 e. The van der Waals surface area contributed by atoms with Gasteiger partial charge in [0.05, 0.1) is 12.0 Å². The van der Waals surface area contributed by atoms with Crippen LogP contribution in [0.1, 0.15) is 23.0 Å². The number of ether oxygens (including phenoxy) is 1. The van der Waals surface area contributed by atoms with Crippen molar-refractivity contribution in [3.8, 4) is 5.75 Å². The number of rotatable bonds is 4. The highest BCUT2D eigenvalue weighted by atomic mass is 16.5. The monoisotopic (exact) mass is 249 g/mol. The van der Waals surface area contributed by atoms with Crippen molar-refractivity contribution >= 4 is 16.9 Å². The highest BCUT2D eigenvalue weighted by molar-refractivity contribution is 5.98. The lowest BCUT2D eigenvalue weighted by Gasteiger charge is -2.02. The number of carbonyl (C=O) groups is 1. The van der Waals surface area contributed by atoms with Crippen LogP contribution in [0.3, 0.4) is 0 Å². The van der Waals surface area contributed by atoms with Gasteiger partial charge in [-0.15, -0.1) is 0 Å². The van der Waals surface area contributed by atoms with Crippen molar-refractivity contribution in [2.45, 2.75) is 13.5 Å². The van der Waals surface area contributed by atoms with Gasteiger partial charge in [0.1, 0.15) is 11.3 Å². The summed E-state index contributed by atoms with van der Waals surface area (Å²) in [6, 6.07) is 4.93. The van der Waals surface area contributed by atoms with Gasteiger partial charge < -0.3 is 19.6 Å². The van der Waals surface area contributed by atoms with E-state index in [-0.39, 0.29) is 18.1 Å². The van der Waals surface area contributed by atoms with Gasteiger partial charge in [-0.1, -0.05) is 6.07 Å². The van der Waals surface area contributed by atoms with E-state index in [1.165, 1.54) is 0 Å². The van der Waals surface area contributed by atoms with Crippen molar-refractivity contribution in [3.63, 3.8) is 0 Å². The molecule has 1 aromatic heterocycles. The van der Waals surface area contributed by atoms with Crippen molar-refractivity contribution in [2.24, 2.45) is 0 Å². The van der Waals surface area contributed by atoms with Crippen LogP contribution in [-0.2, 0) is 11.3 Å². The van der Waals surface area contributed by atoms with Crippen LogP contribution >= 0.6 is 0 Å². The molecular formula is C13H15NO4. The molecule has 2 aromatic rings. The molecule has 0 amide bonds. The molecule has 1 heterocycles. The summed E-state index contributed by atoms with van der Waals surface area (Å²) in [5.41, 5.74) is 1.09. The molecule has 0 radical (unpaired) electrons. The number of phenols is 1. The maximum absolute atomic E-state index is 11.8. The summed E-state index contributed by atoms with van der Waals surface area (Å²) in [6.45, 7) is 2.43. The molecule has 0 bridgehead atoms. The largest absolute Gasteiger partial charge is 0.507 e. The molecule has 2 N–H and O–H groups in total. The minimum absolute atomic E-state index is 0.0945. The van der Waals surface area contributed by atoms with E-state index in [0.717, 1.165) is 0 Å². The van der Waals surface area contributed by atoms with E-state index in [9.17, 15) is 9.90 Å². The van der Waals surface area contributed by atoms with Gasteiger partial charge >= 0.3 is 5.97 Å². The van der Waals surface area contributed by atoms with Crippen molar-refractivity contribution in [1.29, 1.82) is 0 Å². The molecule has 0 saturated heterocycles. The summed E-state index contributed by atoms with van der Waals surface area (Å²) in [6.07, 6.45) is 0. The molecule has 5 nitrogen and oxygen atoms in total. The average molecular weight is 249 g/mol. The molecule has 0 atom stereocenters. The molecule has 0 saturated carbocycles. The minimum atomic E-state index is -0.515. The van der Waals surface area contributed by atoms with Crippen LogP contribution in [0, 0.1) is 0 Å². The fourth-order valence-corrected chi connectivity index (χ4v) is 1.90. The first-order valence-corrected chi connectivity index (χ1v) is 5.74. The zero-order valence-electron chi connectivity index (χ0n) is 10.3. The Hall–Kier alpha value is -2.01. The van der Waals surface area contributed by atoms with E-state index >= 15 is 0 Å². The van der Waals surface area contributed by atoms with E-state index in [2.05, 4.69) is 5.32 Å². The molecule has 0 aliphatic rings. The molecule has 0 aliphatic heterocycles. The van der Waals surface area contributed by atoms with Crippen molar-refractivity contribution in [2.75, 3.05) is 13.7 Å². The SMILES string of the molecule is CCOC(=O)c1oc2cccc(O)c2c1CNC. The summed E-state index contributed by atoms with van der Waals surface area (Å²) < 4.78 is 10.4. The fourth-order valence-electron chi connectivity index (χ4n) is 1.90. The Kier molecular flexibility index (Phi) is 3.53. The molecule has 18 heavy (non-hydrogen) atoms. The molecule has 0 spiro atoms. The number of fused-ring (bicyclic) bond motifs is 1. The highest BCUT2D eigenvalue weighted by Gasteiger charge is 2.22. The number of phenolic OH excluding ortho intramolecular Hbond substituents is 1. The molecule has 0 fully saturated rings. The minimum Gasteiger partial charge on any atom is -0.507 e. The van der Waals surface area contributed by atoms with Gasteiger partial charge in [0.25, 0.3) is 0 Å². The van der Waals surface area contributed by atoms with Gasteiger partial charge in [-0.2, -0.15) is 0 Å². The normalized spacial score (nSPS) is 10.8. The van der Waals surface area contributed by atoms with Gasteiger partial charge in [-0.25, -0.2) is 4.79 Å². The lowest BCUT2D eigenvalue weighted by atomic mass is 10.1. The first-order valence-electron chi connectivity index (χ1n) is 5.74. The Morgan fingerprint density at radius 3 is 2.94 bits per heavy atom. The van der Waals surface area contributed by atoms with Gasteiger partial charge in [0.15, 0.2) is 0 Å². The summed E-state index contributed by atoms with van der Waals surface area (Å²) in [7, 11) is 1.76. The Labute approximate surface area is 104 Å². The van der Waals surface area contributed by atoms with Crippen LogP contribution in [-0.4, -0.2) is 24.7 Å². The van der Waals surface area contributed by atoms with Crippen LogP contribution in [0.4, 0.5) is 0 Å². The van der Waals surface area contributed by atoms with Crippen molar-refractivity contribution < 1.29 is 19.1 Å². The van der Waals surface area contributed by atoms with Gasteiger partial charge in [-0.3, -0.25) is 0 Å². The van der Waals surface area contributed by atoms with E-state index in [1.807, 2.05) is 0 Å². The Morgan fingerprint density at radius 2 is 2.28 bits per heavy atom. The molecule has 5 heteroatoms. The van der Waals surface area contributed by atoms with Crippen molar-refractivity contribution in [3.05, 3.63) is 29.5 Å². The molecule has 0 unspecified atom stereocenters. The second-order valence-corrected chi connectivity index (χ2v) is 3.81. The average Bonchev–Trinajstić information content (AvgIpc) is 2.70. The molecule has 2 rings (SSSR count). The maximum atomic E-state index is 11.8. The second kappa shape index (κ2) is 5.10. The zero-order valence-corrected chi connectivity index (χ0v) is 10.3. The molecule has 96 valence electrons. The Morgan fingerprint density at radius 1 is 1.50 bits per heavy atom. The number of hydrogen-bond acceptors (Lipinski definition) is 5. The van der Waals surface area contributed by atoms with Crippen LogP contribution in [0.15, 0.2) is 22.6 Å². The van der Waals surface area contributed by atoms with Gasteiger partial charge in [-0.05, 0) is 26.1 Å². The summed E-state index contributed by atoms with van der Waals surface area (Å²) in [4.78, 5) is 11.8. The van der Waals surface area contributed by atoms with Gasteiger partial charge in [0, 0.05) is 12.1 Å². The summed E-state index contributed by atoms with van der Waals surface area (Å²) >= 11 is 0. The second-order valence-electron chi connectivity index (χ2n) is 3.81. The number of furan rings is 1. The lowest BCUT2D eigenvalue weighted by molar-refractivity contribution is 0.0491. The quantitative estimate of drug-likeness (QED) is 0.811. The number of benzene rings is 1. The lowest BCUT2D eigenvalue weighted by Crippen LogP contribution is -2.11. The number of esters is 1. The number of carbonyl (C=O) groups excluding carboxylic acids is 1. The first-order chi connectivity index (χ1) is 8.69. The molecule has 1 aromatic carbocycles. The van der Waals surface area contributed by atoms with Crippen molar-refractivity contribution in [1.82, 2.24) is 5.32 Å². The van der Waals surface area contributed by atoms with Crippen LogP contribution in [0.5, 0.6) is 5.75 Å². The first kappa shape index (κ1) is 12.4. The van der Waals surface area contributed by atoms with Gasteiger partial charge in [0.2, 0.25) is 5.76 Å². The fraction of sp³-hybridized carbons (Fsp3) is 0.308. The third-order valence-corrected chi connectivity index (χ3v) is 2.61. The predicted octanol–water partition coefficient (Wildman–Crippen LogP) is 2.03. The van der Waals surface area contributed by atoms with Crippen LogP contribution in [0.25, 0.3) is 11.0 Å². The number of hydrogen-bond donors (Lipinski definition) is 2. The summed E-state index contributed by atoms with van der Waals surface area (Å²) in [5, 5.41) is 13.4. The Balaban J connectivity index is 2.62. The topological polar surface area (TPSA) is 71.7 Å². The van der Waals surface area contributed by atoms with E-state index in [0.29, 0.717) is 23.1 Å². The molecule has 0 aliphatic carbocycles. The maximum Gasteiger partial charge on any atom is 0.374 e. The third-order valence-electron chi connectivity index (χ3n) is 2.61. The zero-order chi connectivity index (χ0) is 13.1. The van der Waals surface area contributed by atoms with Crippen LogP contribution < -0.4 is 5.32 Å².